The molecule has 0 aliphatic heterocycles. The zero-order chi connectivity index (χ0) is 17.6. The number of nitrogens with one attached hydrogen (secondary N) is 1. The number of carboxylic acids is 1. The fourth-order valence-corrected chi connectivity index (χ4v) is 3.78. The van der Waals surface area contributed by atoms with Crippen LogP contribution in [-0.4, -0.2) is 55.9 Å². The second kappa shape index (κ2) is 5.71. The van der Waals surface area contributed by atoms with Gasteiger partial charge in [0.25, 0.3) is 0 Å². The molecular formula is C12H17FN2O7S. The van der Waals surface area contributed by atoms with E-state index in [9.17, 15) is 32.3 Å². The summed E-state index contributed by atoms with van der Waals surface area (Å²) in [5, 5.41) is 11.7. The van der Waals surface area contributed by atoms with Gasteiger partial charge in [0.2, 0.25) is 5.91 Å². The molecule has 11 heteroatoms. The number of nitrogens with two attached hydrogens (primary N) is 1. The Kier molecular flexibility index (Phi) is 4.37. The van der Waals surface area contributed by atoms with E-state index in [2.05, 4.69) is 9.50 Å². The number of hydrogen-bond donors (Lipinski definition) is 3. The van der Waals surface area contributed by atoms with Gasteiger partial charge >= 0.3 is 22.1 Å². The van der Waals surface area contributed by atoms with Gasteiger partial charge in [0.15, 0.2) is 0 Å². The van der Waals surface area contributed by atoms with Crippen LogP contribution < -0.4 is 11.1 Å². The van der Waals surface area contributed by atoms with Crippen LogP contribution in [0.2, 0.25) is 0 Å². The first-order chi connectivity index (χ1) is 10.5. The maximum atomic E-state index is 14.1. The summed E-state index contributed by atoms with van der Waals surface area (Å²) in [7, 11) is -4.09. The van der Waals surface area contributed by atoms with Crippen LogP contribution in [0, 0.1) is 17.8 Å². The predicted molar refractivity (Wildman–Crippen MR) is 73.1 cm³/mol. The third-order valence-corrected chi connectivity index (χ3v) is 4.67. The lowest BCUT2D eigenvalue weighted by atomic mass is 9.89. The molecule has 2 saturated carbocycles. The van der Waals surface area contributed by atoms with Crippen LogP contribution in [0.25, 0.3) is 0 Å². The van der Waals surface area contributed by atoms with E-state index in [1.54, 1.807) is 0 Å². The Bertz CT molecular complexity index is 652. The van der Waals surface area contributed by atoms with Gasteiger partial charge in [-0.05, 0) is 0 Å². The Morgan fingerprint density at radius 2 is 2.04 bits per heavy atom. The average molecular weight is 352 g/mol. The topological polar surface area (TPSA) is 153 Å². The molecule has 5 atom stereocenters. The summed E-state index contributed by atoms with van der Waals surface area (Å²) in [6.45, 7) is -0.0196. The Labute approximate surface area is 131 Å². The zero-order valence-corrected chi connectivity index (χ0v) is 13.0. The highest BCUT2D eigenvalue weighted by atomic mass is 32.2. The van der Waals surface area contributed by atoms with Crippen molar-refractivity contribution in [1.82, 2.24) is 5.32 Å². The number of halogens is 1. The number of fused-ring (bicyclic) bond motifs is 1. The molecule has 0 aromatic heterocycles. The highest BCUT2D eigenvalue weighted by Crippen LogP contribution is 2.63. The Morgan fingerprint density at radius 3 is 2.52 bits per heavy atom. The summed E-state index contributed by atoms with van der Waals surface area (Å²) >= 11 is 0. The fourth-order valence-electron chi connectivity index (χ4n) is 3.37. The molecule has 9 nitrogen and oxygen atoms in total. The molecule has 0 aromatic carbocycles. The van der Waals surface area contributed by atoms with Crippen LogP contribution in [0.1, 0.15) is 12.8 Å². The predicted octanol–water partition coefficient (Wildman–Crippen LogP) is -1.62. The zero-order valence-electron chi connectivity index (χ0n) is 12.2. The van der Waals surface area contributed by atoms with Crippen molar-refractivity contribution in [2.45, 2.75) is 24.6 Å². The lowest BCUT2D eigenvalue weighted by Crippen LogP contribution is -2.56. The van der Waals surface area contributed by atoms with Gasteiger partial charge in [-0.15, -0.1) is 0 Å². The van der Waals surface area contributed by atoms with Gasteiger partial charge in [-0.2, -0.15) is 8.42 Å². The first kappa shape index (κ1) is 17.6. The van der Waals surface area contributed by atoms with Crippen LogP contribution in [0.3, 0.4) is 0 Å². The van der Waals surface area contributed by atoms with Gasteiger partial charge in [0.1, 0.15) is 11.7 Å². The molecule has 0 saturated heterocycles. The lowest BCUT2D eigenvalue weighted by Gasteiger charge is -2.29. The summed E-state index contributed by atoms with van der Waals surface area (Å²) < 4.78 is 40.3. The molecule has 130 valence electrons. The number of rotatable bonds is 6. The first-order valence-corrected chi connectivity index (χ1v) is 8.67. The van der Waals surface area contributed by atoms with Crippen molar-refractivity contribution in [1.29, 1.82) is 0 Å². The van der Waals surface area contributed by atoms with Crippen molar-refractivity contribution in [3.63, 3.8) is 0 Å². The minimum Gasteiger partial charge on any atom is -0.479 e. The minimum atomic E-state index is -4.09. The monoisotopic (exact) mass is 352 g/mol. The molecule has 2 aliphatic rings. The molecule has 2 rings (SSSR count). The molecule has 0 heterocycles. The highest BCUT2D eigenvalue weighted by Gasteiger charge is 2.76. The van der Waals surface area contributed by atoms with Crippen molar-refractivity contribution < 1.29 is 36.5 Å². The average Bonchev–Trinajstić information content (AvgIpc) is 3.05. The van der Waals surface area contributed by atoms with E-state index in [0.717, 1.165) is 0 Å². The molecule has 4 N–H and O–H groups in total. The van der Waals surface area contributed by atoms with Gasteiger partial charge in [-0.1, -0.05) is 0 Å². The summed E-state index contributed by atoms with van der Waals surface area (Å²) in [4.78, 5) is 35.1. The van der Waals surface area contributed by atoms with E-state index >= 15 is 0 Å². The summed E-state index contributed by atoms with van der Waals surface area (Å²) in [5.41, 5.74) is 3.26. The third-order valence-electron chi connectivity index (χ3n) is 4.20. The van der Waals surface area contributed by atoms with Crippen molar-refractivity contribution in [2.75, 3.05) is 12.8 Å². The number of hydrogen-bond acceptors (Lipinski definition) is 7. The van der Waals surface area contributed by atoms with Crippen LogP contribution in [0.5, 0.6) is 0 Å². The van der Waals surface area contributed by atoms with E-state index in [0.29, 0.717) is 6.26 Å². The van der Waals surface area contributed by atoms with Crippen LogP contribution in [0.15, 0.2) is 0 Å². The first-order valence-electron chi connectivity index (χ1n) is 6.85. The molecular weight excluding hydrogens is 335 g/mol. The number of carboxylic acid groups (broad SMARTS) is 1. The number of aliphatic carboxylic acids is 1. The molecule has 0 radical (unpaired) electrons. The number of carbonyl (C=O) groups is 3. The molecule has 0 bridgehead atoms. The maximum Gasteiger partial charge on any atom is 0.329 e. The molecule has 2 aliphatic carbocycles. The van der Waals surface area contributed by atoms with Crippen molar-refractivity contribution >= 4 is 28.0 Å². The van der Waals surface area contributed by atoms with Gasteiger partial charge in [-0.3, -0.25) is 9.59 Å². The Balaban J connectivity index is 2.24. The summed E-state index contributed by atoms with van der Waals surface area (Å²) in [5.74, 6) is -6.62. The maximum absolute atomic E-state index is 14.1. The van der Waals surface area contributed by atoms with E-state index in [-0.39, 0.29) is 13.0 Å². The Morgan fingerprint density at radius 1 is 1.43 bits per heavy atom. The normalized spacial score (nSPS) is 35.3. The molecule has 2 fully saturated rings. The standard InChI is InChI=1S/C12H17FN2O7S/c1-23(20,21)22-10(17)8-7-5(13)4-12(9(7)8,11(18)19)15-6(16)2-3-14/h5,7-9H,2-4,14H2,1H3,(H,15,16)(H,18,19)/t5-,7+,8+,9+,12+/m1/s1. The number of carbonyl (C=O) groups excluding carboxylic acids is 2. The molecule has 1 amide bonds. The summed E-state index contributed by atoms with van der Waals surface area (Å²) in [6, 6.07) is 0. The molecule has 0 aromatic rings. The van der Waals surface area contributed by atoms with Gasteiger partial charge in [-0.25, -0.2) is 9.18 Å². The third kappa shape index (κ3) is 3.15. The highest BCUT2D eigenvalue weighted by molar-refractivity contribution is 7.86. The molecule has 23 heavy (non-hydrogen) atoms. The Hall–Kier alpha value is -1.75. The number of amides is 1. The van der Waals surface area contributed by atoms with Gasteiger partial charge < -0.3 is 20.3 Å². The molecule has 0 unspecified atom stereocenters. The van der Waals surface area contributed by atoms with E-state index in [1.165, 1.54) is 0 Å². The van der Waals surface area contributed by atoms with Crippen LogP contribution in [-0.2, 0) is 28.7 Å². The lowest BCUT2D eigenvalue weighted by molar-refractivity contribution is -0.150. The second-order valence-electron chi connectivity index (χ2n) is 5.82. The van der Waals surface area contributed by atoms with E-state index in [4.69, 9.17) is 5.73 Å². The van der Waals surface area contributed by atoms with Gasteiger partial charge in [0.05, 0.1) is 12.2 Å². The second-order valence-corrected chi connectivity index (χ2v) is 7.39. The smallest absolute Gasteiger partial charge is 0.329 e. The van der Waals surface area contributed by atoms with Crippen molar-refractivity contribution in [3.05, 3.63) is 0 Å². The number of alkyl halides is 1. The molecule has 0 spiro atoms. The largest absolute Gasteiger partial charge is 0.479 e. The van der Waals surface area contributed by atoms with Crippen LogP contribution in [0.4, 0.5) is 4.39 Å². The van der Waals surface area contributed by atoms with E-state index < -0.39 is 63.8 Å². The van der Waals surface area contributed by atoms with Crippen molar-refractivity contribution in [3.8, 4) is 0 Å². The van der Waals surface area contributed by atoms with Crippen molar-refractivity contribution in [2.24, 2.45) is 23.5 Å². The fraction of sp³-hybridized carbons (Fsp3) is 0.750. The van der Waals surface area contributed by atoms with Gasteiger partial charge in [0, 0.05) is 31.2 Å². The van der Waals surface area contributed by atoms with Crippen LogP contribution >= 0.6 is 0 Å². The van der Waals surface area contributed by atoms with E-state index in [1.807, 2.05) is 0 Å². The summed E-state index contributed by atoms with van der Waals surface area (Å²) in [6.07, 6.45) is -1.64. The minimum absolute atomic E-state index is 0.0196. The SMILES string of the molecule is CS(=O)(=O)OC(=O)[C@H]1[C@H]2[C@@H]1[C@](NC(=O)CCN)(C(=O)O)C[C@H]2F. The quantitative estimate of drug-likeness (QED) is 0.482.